The summed E-state index contributed by atoms with van der Waals surface area (Å²) < 4.78 is 4.74. The van der Waals surface area contributed by atoms with Gasteiger partial charge in [0.1, 0.15) is 0 Å². The number of rotatable bonds is 6. The predicted molar refractivity (Wildman–Crippen MR) is 76.4 cm³/mol. The van der Waals surface area contributed by atoms with Gasteiger partial charge in [-0.25, -0.2) is 0 Å². The van der Waals surface area contributed by atoms with Crippen LogP contribution in [-0.4, -0.2) is 37.4 Å². The van der Waals surface area contributed by atoms with Gasteiger partial charge in [0.25, 0.3) is 0 Å². The van der Waals surface area contributed by atoms with Gasteiger partial charge in [0.05, 0.1) is 22.8 Å². The molecular formula is C13H15Cl2NO3. The van der Waals surface area contributed by atoms with Crippen LogP contribution in [0.25, 0.3) is 6.08 Å². The van der Waals surface area contributed by atoms with Gasteiger partial charge in [-0.3, -0.25) is 4.79 Å². The lowest BCUT2D eigenvalue weighted by atomic mass is 10.2. The fourth-order valence-electron chi connectivity index (χ4n) is 1.34. The maximum atomic E-state index is 11.5. The zero-order chi connectivity index (χ0) is 14.3. The molecule has 0 bridgehead atoms. The van der Waals surface area contributed by atoms with Crippen LogP contribution in [0, 0.1) is 0 Å². The molecule has 4 nitrogen and oxygen atoms in total. The van der Waals surface area contributed by atoms with Crippen LogP contribution in [0.3, 0.4) is 0 Å². The highest BCUT2D eigenvalue weighted by atomic mass is 35.5. The van der Waals surface area contributed by atoms with E-state index < -0.39 is 6.10 Å². The number of carbonyl (C=O) groups is 1. The summed E-state index contributed by atoms with van der Waals surface area (Å²) in [6, 6.07) is 5.16. The summed E-state index contributed by atoms with van der Waals surface area (Å²) in [6.07, 6.45) is 2.17. The van der Waals surface area contributed by atoms with E-state index in [4.69, 9.17) is 27.9 Å². The highest BCUT2D eigenvalue weighted by molar-refractivity contribution is 6.42. The minimum absolute atomic E-state index is 0.125. The summed E-state index contributed by atoms with van der Waals surface area (Å²) in [5, 5.41) is 12.7. The van der Waals surface area contributed by atoms with Gasteiger partial charge in [0.2, 0.25) is 5.91 Å². The molecule has 1 atom stereocenters. The average Bonchev–Trinajstić information content (AvgIpc) is 2.38. The van der Waals surface area contributed by atoms with Crippen LogP contribution in [0.15, 0.2) is 24.3 Å². The fraction of sp³-hybridized carbons (Fsp3) is 0.308. The normalized spacial score (nSPS) is 12.6. The number of ether oxygens (including phenoxy) is 1. The van der Waals surface area contributed by atoms with Crippen molar-refractivity contribution in [2.75, 3.05) is 20.3 Å². The largest absolute Gasteiger partial charge is 0.389 e. The number of benzene rings is 1. The first-order valence-corrected chi connectivity index (χ1v) is 6.37. The lowest BCUT2D eigenvalue weighted by Crippen LogP contribution is -2.33. The second-order valence-corrected chi connectivity index (χ2v) is 4.62. The Kier molecular flexibility index (Phi) is 6.87. The first kappa shape index (κ1) is 16.0. The molecule has 1 rings (SSSR count). The summed E-state index contributed by atoms with van der Waals surface area (Å²) in [4.78, 5) is 11.5. The molecule has 0 spiro atoms. The van der Waals surface area contributed by atoms with Crippen molar-refractivity contribution in [2.45, 2.75) is 6.10 Å². The Hall–Kier alpha value is -1.07. The van der Waals surface area contributed by atoms with E-state index in [0.717, 1.165) is 0 Å². The van der Waals surface area contributed by atoms with Crippen molar-refractivity contribution < 1.29 is 14.6 Å². The molecule has 1 unspecified atom stereocenters. The number of methoxy groups -OCH3 is 1. The zero-order valence-corrected chi connectivity index (χ0v) is 11.9. The molecule has 1 aromatic rings. The van der Waals surface area contributed by atoms with Crippen LogP contribution < -0.4 is 5.32 Å². The van der Waals surface area contributed by atoms with Crippen molar-refractivity contribution in [3.05, 3.63) is 39.9 Å². The molecule has 0 aliphatic heterocycles. The molecule has 0 aromatic heterocycles. The van der Waals surface area contributed by atoms with Crippen molar-refractivity contribution in [3.8, 4) is 0 Å². The Morgan fingerprint density at radius 2 is 2.26 bits per heavy atom. The molecule has 0 fully saturated rings. The van der Waals surface area contributed by atoms with E-state index in [1.807, 2.05) is 0 Å². The maximum absolute atomic E-state index is 11.5. The molecule has 2 N–H and O–H groups in total. The Morgan fingerprint density at radius 3 is 2.95 bits per heavy atom. The Morgan fingerprint density at radius 1 is 1.53 bits per heavy atom. The summed E-state index contributed by atoms with van der Waals surface area (Å²) in [7, 11) is 1.48. The van der Waals surface area contributed by atoms with E-state index in [1.165, 1.54) is 13.2 Å². The van der Waals surface area contributed by atoms with Gasteiger partial charge in [-0.2, -0.15) is 0 Å². The number of aliphatic hydroxyl groups excluding tert-OH is 1. The van der Waals surface area contributed by atoms with Crippen LogP contribution in [-0.2, 0) is 9.53 Å². The Labute approximate surface area is 122 Å². The summed E-state index contributed by atoms with van der Waals surface area (Å²) in [5.74, 6) is -0.328. The van der Waals surface area contributed by atoms with Gasteiger partial charge in [-0.15, -0.1) is 0 Å². The lowest BCUT2D eigenvalue weighted by Gasteiger charge is -2.09. The van der Waals surface area contributed by atoms with Crippen LogP contribution in [0.5, 0.6) is 0 Å². The molecule has 104 valence electrons. The SMILES string of the molecule is COCC(O)CNC(=O)C=Cc1cccc(Cl)c1Cl. The minimum Gasteiger partial charge on any atom is -0.389 e. The van der Waals surface area contributed by atoms with Crippen molar-refractivity contribution in [3.63, 3.8) is 0 Å². The number of carbonyl (C=O) groups excluding carboxylic acids is 1. The first-order valence-electron chi connectivity index (χ1n) is 5.61. The average molecular weight is 304 g/mol. The molecule has 0 saturated carbocycles. The molecule has 0 heterocycles. The third kappa shape index (κ3) is 5.61. The number of nitrogens with one attached hydrogen (secondary N) is 1. The highest BCUT2D eigenvalue weighted by Gasteiger charge is 2.05. The van der Waals surface area contributed by atoms with Crippen molar-refractivity contribution >= 4 is 35.2 Å². The predicted octanol–water partition coefficient (Wildman–Crippen LogP) is 2.13. The van der Waals surface area contributed by atoms with Gasteiger partial charge < -0.3 is 15.2 Å². The molecule has 0 aliphatic rings. The van der Waals surface area contributed by atoms with E-state index in [-0.39, 0.29) is 19.1 Å². The smallest absolute Gasteiger partial charge is 0.244 e. The standard InChI is InChI=1S/C13H15Cl2NO3/c1-19-8-10(17)7-16-12(18)6-5-9-3-2-4-11(14)13(9)15/h2-6,10,17H,7-8H2,1H3,(H,16,18). The fourth-order valence-corrected chi connectivity index (χ4v) is 1.71. The molecule has 1 aromatic carbocycles. The topological polar surface area (TPSA) is 58.6 Å². The second-order valence-electron chi connectivity index (χ2n) is 3.83. The van der Waals surface area contributed by atoms with Crippen LogP contribution in [0.1, 0.15) is 5.56 Å². The molecule has 0 saturated heterocycles. The van der Waals surface area contributed by atoms with E-state index >= 15 is 0 Å². The van der Waals surface area contributed by atoms with E-state index in [9.17, 15) is 9.90 Å². The van der Waals surface area contributed by atoms with Crippen molar-refractivity contribution in [2.24, 2.45) is 0 Å². The van der Waals surface area contributed by atoms with Crippen molar-refractivity contribution in [1.82, 2.24) is 5.32 Å². The zero-order valence-electron chi connectivity index (χ0n) is 10.4. The number of hydrogen-bond donors (Lipinski definition) is 2. The third-order valence-corrected chi connectivity index (χ3v) is 3.10. The Bertz CT molecular complexity index is 463. The van der Waals surface area contributed by atoms with Crippen LogP contribution in [0.2, 0.25) is 10.0 Å². The van der Waals surface area contributed by atoms with Crippen LogP contribution >= 0.6 is 23.2 Å². The summed E-state index contributed by atoms with van der Waals surface area (Å²) >= 11 is 11.8. The quantitative estimate of drug-likeness (QED) is 0.792. The molecule has 1 amide bonds. The van der Waals surface area contributed by atoms with Gasteiger partial charge in [-0.05, 0) is 17.7 Å². The van der Waals surface area contributed by atoms with E-state index in [0.29, 0.717) is 15.6 Å². The lowest BCUT2D eigenvalue weighted by molar-refractivity contribution is -0.117. The molecular weight excluding hydrogens is 289 g/mol. The van der Waals surface area contributed by atoms with Gasteiger partial charge >= 0.3 is 0 Å². The van der Waals surface area contributed by atoms with Gasteiger partial charge in [-0.1, -0.05) is 35.3 Å². The highest BCUT2D eigenvalue weighted by Crippen LogP contribution is 2.26. The van der Waals surface area contributed by atoms with E-state index in [1.54, 1.807) is 24.3 Å². The monoisotopic (exact) mass is 303 g/mol. The number of amides is 1. The van der Waals surface area contributed by atoms with Gasteiger partial charge in [0.15, 0.2) is 0 Å². The third-order valence-electron chi connectivity index (χ3n) is 2.27. The minimum atomic E-state index is -0.725. The molecule has 6 heteroatoms. The first-order chi connectivity index (χ1) is 9.04. The summed E-state index contributed by atoms with van der Waals surface area (Å²) in [5.41, 5.74) is 0.654. The molecule has 0 aliphatic carbocycles. The molecule has 0 radical (unpaired) electrons. The molecule has 19 heavy (non-hydrogen) atoms. The number of hydrogen-bond acceptors (Lipinski definition) is 3. The van der Waals surface area contributed by atoms with Gasteiger partial charge in [0, 0.05) is 19.7 Å². The van der Waals surface area contributed by atoms with Crippen LogP contribution in [0.4, 0.5) is 0 Å². The number of halogens is 2. The second kappa shape index (κ2) is 8.17. The Balaban J connectivity index is 2.52. The van der Waals surface area contributed by atoms with E-state index in [2.05, 4.69) is 5.32 Å². The maximum Gasteiger partial charge on any atom is 0.244 e. The van der Waals surface area contributed by atoms with Crippen molar-refractivity contribution in [1.29, 1.82) is 0 Å². The number of aliphatic hydroxyl groups is 1. The summed E-state index contributed by atoms with van der Waals surface area (Å²) in [6.45, 7) is 0.296.